The Kier molecular flexibility index (Phi) is 8.37. The smallest absolute Gasteiger partial charge is 0.319 e. The van der Waals surface area contributed by atoms with Crippen molar-refractivity contribution in [2.45, 2.75) is 12.5 Å². The third-order valence-corrected chi connectivity index (χ3v) is 6.49. The normalized spacial score (nSPS) is 11.4. The molecule has 0 radical (unpaired) electrons. The molecule has 4 aromatic rings. The minimum Gasteiger partial charge on any atom is -0.497 e. The molecule has 36 heavy (non-hydrogen) atoms. The number of carbonyl (C=O) groups is 2. The highest BCUT2D eigenvalue weighted by molar-refractivity contribution is 7.18. The number of nitrogens with one attached hydrogen (secondary N) is 3. The van der Waals surface area contributed by atoms with Gasteiger partial charge in [-0.1, -0.05) is 77.0 Å². The summed E-state index contributed by atoms with van der Waals surface area (Å²) in [6.07, 6.45) is 0.260. The lowest BCUT2D eigenvalue weighted by Crippen LogP contribution is -2.47. The van der Waals surface area contributed by atoms with E-state index in [-0.39, 0.29) is 11.4 Å². The van der Waals surface area contributed by atoms with Crippen LogP contribution in [0, 0.1) is 0 Å². The monoisotopic (exact) mass is 541 g/mol. The zero-order chi connectivity index (χ0) is 25.5. The van der Waals surface area contributed by atoms with Gasteiger partial charge in [0, 0.05) is 17.0 Å². The van der Waals surface area contributed by atoms with Gasteiger partial charge in [-0.3, -0.25) is 10.1 Å². The molecule has 0 aliphatic carbocycles. The number of anilines is 2. The number of hydrogen-bond acceptors (Lipinski definition) is 6. The van der Waals surface area contributed by atoms with Crippen molar-refractivity contribution in [2.24, 2.45) is 0 Å². The minimum absolute atomic E-state index is 0.260. The Hall–Kier alpha value is -3.66. The number of urea groups is 1. The number of halogens is 2. The van der Waals surface area contributed by atoms with E-state index in [1.54, 1.807) is 19.2 Å². The van der Waals surface area contributed by atoms with Crippen molar-refractivity contribution in [1.29, 1.82) is 0 Å². The lowest BCUT2D eigenvalue weighted by molar-refractivity contribution is -0.117. The van der Waals surface area contributed by atoms with Gasteiger partial charge in [0.2, 0.25) is 11.0 Å². The minimum atomic E-state index is -0.900. The second-order valence-electron chi connectivity index (χ2n) is 7.60. The molecule has 3 N–H and O–H groups in total. The Labute approximate surface area is 221 Å². The fourth-order valence-electron chi connectivity index (χ4n) is 3.31. The molecule has 0 spiro atoms. The zero-order valence-corrected chi connectivity index (χ0v) is 21.3. The van der Waals surface area contributed by atoms with E-state index in [4.69, 9.17) is 27.9 Å². The highest BCUT2D eigenvalue weighted by atomic mass is 35.5. The Morgan fingerprint density at radius 1 is 0.972 bits per heavy atom. The van der Waals surface area contributed by atoms with Gasteiger partial charge >= 0.3 is 6.03 Å². The van der Waals surface area contributed by atoms with Gasteiger partial charge in [0.15, 0.2) is 0 Å². The number of methoxy groups -OCH3 is 1. The molecule has 1 atom stereocenters. The van der Waals surface area contributed by atoms with Crippen LogP contribution in [0.1, 0.15) is 5.56 Å². The van der Waals surface area contributed by atoms with Crippen molar-refractivity contribution in [2.75, 3.05) is 17.7 Å². The number of aromatic nitrogens is 2. The number of hydrogen-bond donors (Lipinski definition) is 3. The van der Waals surface area contributed by atoms with Crippen LogP contribution in [0.5, 0.6) is 5.75 Å². The van der Waals surface area contributed by atoms with E-state index in [0.29, 0.717) is 26.6 Å². The number of ether oxygens (including phenoxy) is 1. The third kappa shape index (κ3) is 6.72. The predicted octanol–water partition coefficient (Wildman–Crippen LogP) is 5.89. The first-order valence-corrected chi connectivity index (χ1v) is 12.3. The van der Waals surface area contributed by atoms with Crippen molar-refractivity contribution in [3.63, 3.8) is 0 Å². The summed E-state index contributed by atoms with van der Waals surface area (Å²) in [5.41, 5.74) is 2.05. The maximum Gasteiger partial charge on any atom is 0.319 e. The summed E-state index contributed by atoms with van der Waals surface area (Å²) in [5.74, 6) is 0.247. The maximum absolute atomic E-state index is 13.2. The quantitative estimate of drug-likeness (QED) is 0.258. The molecule has 0 aliphatic rings. The lowest BCUT2D eigenvalue weighted by atomic mass is 10.1. The SMILES string of the molecule is COc1cccc(-c2nnc(NC(=O)C(Cc3ccccc3)NC(=O)Nc3ccc(Cl)cc3Cl)s2)c1. The summed E-state index contributed by atoms with van der Waals surface area (Å²) < 4.78 is 5.25. The van der Waals surface area contributed by atoms with Crippen molar-refractivity contribution in [1.82, 2.24) is 15.5 Å². The number of benzene rings is 3. The lowest BCUT2D eigenvalue weighted by Gasteiger charge is -2.18. The van der Waals surface area contributed by atoms with Crippen LogP contribution in [0.25, 0.3) is 10.6 Å². The summed E-state index contributed by atoms with van der Waals surface area (Å²) in [7, 11) is 1.59. The van der Waals surface area contributed by atoms with Gasteiger partial charge in [-0.05, 0) is 35.9 Å². The fourth-order valence-corrected chi connectivity index (χ4v) is 4.50. The van der Waals surface area contributed by atoms with Crippen LogP contribution >= 0.6 is 34.5 Å². The second kappa shape index (κ2) is 11.9. The molecule has 0 bridgehead atoms. The van der Waals surface area contributed by atoms with Gasteiger partial charge in [0.1, 0.15) is 16.8 Å². The predicted molar refractivity (Wildman–Crippen MR) is 143 cm³/mol. The first kappa shape index (κ1) is 25.4. The molecule has 0 saturated carbocycles. The maximum atomic E-state index is 13.2. The van der Waals surface area contributed by atoms with Gasteiger partial charge in [-0.2, -0.15) is 0 Å². The van der Waals surface area contributed by atoms with Gasteiger partial charge in [0.05, 0.1) is 17.8 Å². The standard InChI is InChI=1S/C25H21Cl2N5O3S/c1-35-18-9-5-8-16(13-18)23-31-32-25(36-23)30-22(33)21(12-15-6-3-2-4-7-15)29-24(34)28-20-11-10-17(26)14-19(20)27/h2-11,13-14,21H,12H2,1H3,(H2,28,29,34)(H,30,32,33). The molecule has 1 unspecified atom stereocenters. The molecule has 8 nitrogen and oxygen atoms in total. The Morgan fingerprint density at radius 2 is 1.78 bits per heavy atom. The summed E-state index contributed by atoms with van der Waals surface area (Å²) in [6, 6.07) is 19.9. The van der Waals surface area contributed by atoms with Crippen LogP contribution < -0.4 is 20.7 Å². The van der Waals surface area contributed by atoms with E-state index in [0.717, 1.165) is 11.1 Å². The third-order valence-electron chi connectivity index (χ3n) is 5.06. The first-order chi connectivity index (χ1) is 17.4. The van der Waals surface area contributed by atoms with Gasteiger partial charge in [-0.15, -0.1) is 10.2 Å². The number of rotatable bonds is 8. The van der Waals surface area contributed by atoms with Crippen molar-refractivity contribution < 1.29 is 14.3 Å². The molecule has 4 rings (SSSR count). The van der Waals surface area contributed by atoms with Crippen LogP contribution in [-0.4, -0.2) is 35.3 Å². The van der Waals surface area contributed by atoms with Crippen LogP contribution in [0.2, 0.25) is 10.0 Å². The number of amides is 3. The highest BCUT2D eigenvalue weighted by Crippen LogP contribution is 2.29. The molecule has 11 heteroatoms. The Bertz CT molecular complexity index is 1370. The molecule has 1 aromatic heterocycles. The largest absolute Gasteiger partial charge is 0.497 e. The Morgan fingerprint density at radius 3 is 2.53 bits per heavy atom. The van der Waals surface area contributed by atoms with Crippen LogP contribution in [-0.2, 0) is 11.2 Å². The van der Waals surface area contributed by atoms with Gasteiger partial charge in [0.25, 0.3) is 0 Å². The van der Waals surface area contributed by atoms with Crippen LogP contribution in [0.15, 0.2) is 72.8 Å². The van der Waals surface area contributed by atoms with Gasteiger partial charge in [-0.25, -0.2) is 4.79 Å². The summed E-state index contributed by atoms with van der Waals surface area (Å²) in [4.78, 5) is 25.9. The van der Waals surface area contributed by atoms with E-state index in [9.17, 15) is 9.59 Å². The Balaban J connectivity index is 1.48. The van der Waals surface area contributed by atoms with Gasteiger partial charge < -0.3 is 15.4 Å². The van der Waals surface area contributed by atoms with E-state index in [2.05, 4.69) is 26.1 Å². The van der Waals surface area contributed by atoms with E-state index >= 15 is 0 Å². The molecular formula is C25H21Cl2N5O3S. The summed E-state index contributed by atoms with van der Waals surface area (Å²) in [6.45, 7) is 0. The average Bonchev–Trinajstić information content (AvgIpc) is 3.34. The van der Waals surface area contributed by atoms with Crippen LogP contribution in [0.4, 0.5) is 15.6 Å². The molecular weight excluding hydrogens is 521 g/mol. The highest BCUT2D eigenvalue weighted by Gasteiger charge is 2.23. The molecule has 0 fully saturated rings. The summed E-state index contributed by atoms with van der Waals surface area (Å²) >= 11 is 13.3. The van der Waals surface area contributed by atoms with Crippen molar-refractivity contribution >= 4 is 57.3 Å². The molecule has 0 saturated heterocycles. The second-order valence-corrected chi connectivity index (χ2v) is 9.42. The zero-order valence-electron chi connectivity index (χ0n) is 19.0. The molecule has 1 heterocycles. The molecule has 3 amide bonds. The van der Waals surface area contributed by atoms with Crippen molar-refractivity contribution in [3.8, 4) is 16.3 Å². The first-order valence-electron chi connectivity index (χ1n) is 10.8. The van der Waals surface area contributed by atoms with Crippen LogP contribution in [0.3, 0.4) is 0 Å². The fraction of sp³-hybridized carbons (Fsp3) is 0.120. The number of nitrogens with zero attached hydrogens (tertiary/aromatic N) is 2. The van der Waals surface area contributed by atoms with E-state index in [1.807, 2.05) is 54.6 Å². The van der Waals surface area contributed by atoms with E-state index in [1.165, 1.54) is 17.4 Å². The molecule has 184 valence electrons. The topological polar surface area (TPSA) is 105 Å². The average molecular weight is 542 g/mol. The van der Waals surface area contributed by atoms with E-state index < -0.39 is 18.0 Å². The number of carbonyl (C=O) groups excluding carboxylic acids is 2. The molecule has 0 aliphatic heterocycles. The summed E-state index contributed by atoms with van der Waals surface area (Å²) in [5, 5.41) is 18.0. The van der Waals surface area contributed by atoms with Crippen molar-refractivity contribution in [3.05, 3.63) is 88.4 Å². The molecule has 3 aromatic carbocycles.